The number of nitrogens with two attached hydrogens (primary N) is 1. The number of benzene rings is 2. The first-order valence-corrected chi connectivity index (χ1v) is 15.2. The van der Waals surface area contributed by atoms with Crippen molar-refractivity contribution in [2.45, 2.75) is 51.2 Å². The Hall–Kier alpha value is -6.06. The molecule has 3 rings (SSSR count). The number of carbonyl (C=O) groups excluding carboxylic acids is 5. The summed E-state index contributed by atoms with van der Waals surface area (Å²) >= 11 is 0. The number of nitrogens with one attached hydrogen (secondary N) is 5. The first-order valence-electron chi connectivity index (χ1n) is 15.2. The van der Waals surface area contributed by atoms with E-state index in [0.717, 1.165) is 0 Å². The van der Waals surface area contributed by atoms with Gasteiger partial charge in [-0.1, -0.05) is 56.3 Å². The minimum absolute atomic E-state index is 0.0320. The largest absolute Gasteiger partial charge is 0.508 e. The highest BCUT2D eigenvalue weighted by molar-refractivity contribution is 5.93. The zero-order chi connectivity index (χ0) is 36.2. The number of carbonyl (C=O) groups is 6. The monoisotopic (exact) mass is 678 g/mol. The number of carboxylic acids is 1. The maximum atomic E-state index is 13.1. The van der Waals surface area contributed by atoms with E-state index in [1.807, 2.05) is 0 Å². The van der Waals surface area contributed by atoms with Crippen LogP contribution in [0.4, 0.5) is 5.69 Å². The summed E-state index contributed by atoms with van der Waals surface area (Å²) in [6.07, 6.45) is -0.401. The molecule has 3 atom stereocenters. The predicted octanol–water partition coefficient (Wildman–Crippen LogP) is -1.26. The zero-order valence-corrected chi connectivity index (χ0v) is 26.8. The van der Waals surface area contributed by atoms with Gasteiger partial charge in [-0.15, -0.1) is 0 Å². The van der Waals surface area contributed by atoms with Gasteiger partial charge < -0.3 is 42.5 Å². The number of amides is 5. The van der Waals surface area contributed by atoms with Gasteiger partial charge >= 0.3 is 5.97 Å². The number of hydrogen-bond acceptors (Lipinski definition) is 10. The van der Waals surface area contributed by atoms with E-state index >= 15 is 0 Å². The Morgan fingerprint density at radius 1 is 0.776 bits per heavy atom. The van der Waals surface area contributed by atoms with E-state index in [4.69, 9.17) is 5.73 Å². The standard InChI is InChI=1S/C33H38N6O10/c1-17(2)12-23(33(48)49)38-32(47)22(13-18-6-4-3-5-7-18)37-26(43)16-35-25(42)15-36-28-21(29(44)30(28)45)14-24(41)39-27(31(34)46)19-8-10-20(40)11-9-19/h3-11,17,22-23,27,36,40H,12-16H2,1-2H3,(H2,34,46)(H,35,42)(H,37,43)(H,38,47)(H,39,41)(H,48,49)/t22-,23-,27-/m0/s1. The van der Waals surface area contributed by atoms with E-state index < -0.39 is 84.0 Å². The van der Waals surface area contributed by atoms with Gasteiger partial charge in [-0.05, 0) is 35.6 Å². The molecule has 0 radical (unpaired) electrons. The highest BCUT2D eigenvalue weighted by atomic mass is 16.4. The number of anilines is 1. The van der Waals surface area contributed by atoms with Crippen LogP contribution in [0.15, 0.2) is 64.2 Å². The Labute approximate surface area is 280 Å². The lowest BCUT2D eigenvalue weighted by Gasteiger charge is -2.22. The molecule has 5 amide bonds. The summed E-state index contributed by atoms with van der Waals surface area (Å²) in [7, 11) is 0. The van der Waals surface area contributed by atoms with Crippen LogP contribution in [0.25, 0.3) is 0 Å². The van der Waals surface area contributed by atoms with Gasteiger partial charge in [0.05, 0.1) is 25.2 Å². The molecule has 3 aromatic carbocycles. The Balaban J connectivity index is 1.57. The molecule has 0 aliphatic carbocycles. The minimum Gasteiger partial charge on any atom is -0.508 e. The third-order valence-corrected chi connectivity index (χ3v) is 7.29. The fourth-order valence-electron chi connectivity index (χ4n) is 4.83. The molecule has 49 heavy (non-hydrogen) atoms. The van der Waals surface area contributed by atoms with Crippen molar-refractivity contribution in [3.8, 4) is 5.75 Å². The highest BCUT2D eigenvalue weighted by Crippen LogP contribution is 2.17. The fraction of sp³-hybridized carbons (Fsp3) is 0.333. The number of hydrogen-bond donors (Lipinski definition) is 8. The van der Waals surface area contributed by atoms with Crippen molar-refractivity contribution in [2.24, 2.45) is 11.7 Å². The number of phenolic OH excluding ortho intramolecular Hbond substituents is 1. The first kappa shape index (κ1) is 37.4. The molecule has 0 unspecified atom stereocenters. The molecular formula is C33H38N6O10. The summed E-state index contributed by atoms with van der Waals surface area (Å²) in [5.74, 6) is -5.32. The molecule has 16 heteroatoms. The van der Waals surface area contributed by atoms with Gasteiger partial charge in [0.1, 0.15) is 23.9 Å². The SMILES string of the molecule is CC(C)C[C@H](NC(=O)[C@H](Cc1ccccc1)NC(=O)CNC(=O)CNc1c(CC(=O)N[C@H](C(N)=O)c2ccc(O)cc2)c(=O)c1=O)C(=O)O. The van der Waals surface area contributed by atoms with E-state index in [-0.39, 0.29) is 41.3 Å². The molecule has 0 saturated heterocycles. The van der Waals surface area contributed by atoms with E-state index in [1.165, 1.54) is 24.3 Å². The van der Waals surface area contributed by atoms with Gasteiger partial charge in [0.15, 0.2) is 0 Å². The van der Waals surface area contributed by atoms with Crippen LogP contribution >= 0.6 is 0 Å². The minimum atomic E-state index is -1.29. The van der Waals surface area contributed by atoms with Crippen LogP contribution in [-0.4, -0.2) is 70.9 Å². The molecule has 0 fully saturated rings. The average Bonchev–Trinajstić information content (AvgIpc) is 3.05. The van der Waals surface area contributed by atoms with Crippen LogP contribution in [0.5, 0.6) is 5.75 Å². The molecule has 0 heterocycles. The summed E-state index contributed by atoms with van der Waals surface area (Å²) < 4.78 is 0. The molecule has 0 aliphatic heterocycles. The predicted molar refractivity (Wildman–Crippen MR) is 176 cm³/mol. The summed E-state index contributed by atoms with van der Waals surface area (Å²) in [6, 6.07) is 10.4. The van der Waals surface area contributed by atoms with Crippen molar-refractivity contribution in [1.82, 2.24) is 21.3 Å². The maximum Gasteiger partial charge on any atom is 0.326 e. The fourth-order valence-corrected chi connectivity index (χ4v) is 4.83. The second kappa shape index (κ2) is 17.2. The molecule has 0 bridgehead atoms. The Morgan fingerprint density at radius 2 is 1.43 bits per heavy atom. The average molecular weight is 679 g/mol. The van der Waals surface area contributed by atoms with E-state index in [2.05, 4.69) is 26.6 Å². The van der Waals surface area contributed by atoms with Crippen LogP contribution in [0.1, 0.15) is 43.0 Å². The lowest BCUT2D eigenvalue weighted by Crippen LogP contribution is -2.54. The molecule has 0 aliphatic rings. The Kier molecular flexibility index (Phi) is 13.1. The van der Waals surface area contributed by atoms with Gasteiger partial charge in [-0.2, -0.15) is 0 Å². The molecule has 3 aromatic rings. The number of carboxylic acid groups (broad SMARTS) is 1. The van der Waals surface area contributed by atoms with Crippen molar-refractivity contribution in [2.75, 3.05) is 18.4 Å². The number of rotatable bonds is 18. The second-order valence-electron chi connectivity index (χ2n) is 11.7. The molecular weight excluding hydrogens is 640 g/mol. The number of phenols is 1. The summed E-state index contributed by atoms with van der Waals surface area (Å²) in [4.78, 5) is 98.8. The van der Waals surface area contributed by atoms with Crippen molar-refractivity contribution < 1.29 is 39.0 Å². The van der Waals surface area contributed by atoms with Crippen LogP contribution in [0, 0.1) is 5.92 Å². The highest BCUT2D eigenvalue weighted by Gasteiger charge is 2.28. The van der Waals surface area contributed by atoms with Crippen LogP contribution in [0.2, 0.25) is 0 Å². The first-order chi connectivity index (χ1) is 23.2. The van der Waals surface area contributed by atoms with Gasteiger partial charge in [0, 0.05) is 12.0 Å². The van der Waals surface area contributed by atoms with Gasteiger partial charge in [0.2, 0.25) is 40.4 Å². The van der Waals surface area contributed by atoms with Crippen LogP contribution < -0.4 is 43.2 Å². The van der Waals surface area contributed by atoms with E-state index in [9.17, 15) is 48.6 Å². The smallest absolute Gasteiger partial charge is 0.326 e. The third-order valence-electron chi connectivity index (χ3n) is 7.29. The van der Waals surface area contributed by atoms with Gasteiger partial charge in [-0.25, -0.2) is 4.79 Å². The maximum absolute atomic E-state index is 13.1. The van der Waals surface area contributed by atoms with Gasteiger partial charge in [-0.3, -0.25) is 33.6 Å². The van der Waals surface area contributed by atoms with Crippen molar-refractivity contribution in [1.29, 1.82) is 0 Å². The van der Waals surface area contributed by atoms with Crippen molar-refractivity contribution >= 4 is 41.2 Å². The molecule has 0 saturated carbocycles. The summed E-state index contributed by atoms with van der Waals surface area (Å²) in [5.41, 5.74) is 3.91. The Morgan fingerprint density at radius 3 is 2.02 bits per heavy atom. The van der Waals surface area contributed by atoms with Crippen LogP contribution in [0.3, 0.4) is 0 Å². The molecule has 260 valence electrons. The lowest BCUT2D eigenvalue weighted by atomic mass is 10.0. The van der Waals surface area contributed by atoms with Crippen molar-refractivity contribution in [3.05, 3.63) is 91.7 Å². The summed E-state index contributed by atoms with van der Waals surface area (Å²) in [6.45, 7) is 2.46. The normalized spacial score (nSPS) is 12.7. The third kappa shape index (κ3) is 11.0. The quantitative estimate of drug-likeness (QED) is 0.0737. The molecule has 9 N–H and O–H groups in total. The number of aliphatic carboxylic acids is 1. The van der Waals surface area contributed by atoms with E-state index in [0.29, 0.717) is 5.56 Å². The lowest BCUT2D eigenvalue weighted by molar-refractivity contribution is -0.142. The number of aromatic hydroxyl groups is 1. The Bertz CT molecular complexity index is 1750. The number of primary amides is 1. The van der Waals surface area contributed by atoms with Crippen LogP contribution in [-0.2, 0) is 41.6 Å². The zero-order valence-electron chi connectivity index (χ0n) is 26.8. The molecule has 0 spiro atoms. The van der Waals surface area contributed by atoms with E-state index in [1.54, 1.807) is 44.2 Å². The summed E-state index contributed by atoms with van der Waals surface area (Å²) in [5, 5.41) is 31.1. The second-order valence-corrected chi connectivity index (χ2v) is 11.7. The van der Waals surface area contributed by atoms with Gasteiger partial charge in [0.25, 0.3) is 0 Å². The molecule has 0 aromatic heterocycles. The topological polar surface area (TPSA) is 263 Å². The van der Waals surface area contributed by atoms with Crippen molar-refractivity contribution in [3.63, 3.8) is 0 Å². The molecule has 16 nitrogen and oxygen atoms in total.